The quantitative estimate of drug-likeness (QED) is 0.768. The number of amides is 2. The summed E-state index contributed by atoms with van der Waals surface area (Å²) in [4.78, 5) is 26.4. The fourth-order valence-electron chi connectivity index (χ4n) is 3.07. The van der Waals surface area contributed by atoms with Crippen molar-refractivity contribution in [1.29, 1.82) is 0 Å². The first-order chi connectivity index (χ1) is 8.66. The third-order valence-electron chi connectivity index (χ3n) is 4.19. The number of nitrogens with zero attached hydrogens (tertiary/aromatic N) is 1. The summed E-state index contributed by atoms with van der Waals surface area (Å²) < 4.78 is 5.39. The molecular formula is C13H20N2O3. The Labute approximate surface area is 107 Å². The van der Waals surface area contributed by atoms with Gasteiger partial charge in [0, 0.05) is 19.1 Å². The van der Waals surface area contributed by atoms with Crippen LogP contribution in [0, 0.1) is 5.92 Å². The molecule has 100 valence electrons. The van der Waals surface area contributed by atoms with Crippen LogP contribution in [0.4, 0.5) is 0 Å². The predicted octanol–water partition coefficient (Wildman–Crippen LogP) is 0.291. The van der Waals surface area contributed by atoms with Crippen LogP contribution in [0.15, 0.2) is 0 Å². The van der Waals surface area contributed by atoms with Gasteiger partial charge in [0.1, 0.15) is 6.04 Å². The zero-order chi connectivity index (χ0) is 12.7. The Morgan fingerprint density at radius 1 is 1.28 bits per heavy atom. The van der Waals surface area contributed by atoms with Crippen LogP contribution in [0.25, 0.3) is 0 Å². The van der Waals surface area contributed by atoms with Crippen LogP contribution in [-0.2, 0) is 14.3 Å². The summed E-state index contributed by atoms with van der Waals surface area (Å²) in [6.07, 6.45) is 3.41. The Morgan fingerprint density at radius 2 is 2.06 bits per heavy atom. The molecule has 2 heterocycles. The van der Waals surface area contributed by atoms with Gasteiger partial charge in [-0.15, -0.1) is 0 Å². The second-order valence-corrected chi connectivity index (χ2v) is 5.70. The number of carbonyl (C=O) groups is 2. The number of rotatable bonds is 2. The van der Waals surface area contributed by atoms with E-state index in [-0.39, 0.29) is 29.9 Å². The van der Waals surface area contributed by atoms with Crippen molar-refractivity contribution in [1.82, 2.24) is 10.2 Å². The van der Waals surface area contributed by atoms with Crippen molar-refractivity contribution >= 4 is 11.8 Å². The normalized spacial score (nSPS) is 37.6. The van der Waals surface area contributed by atoms with E-state index in [0.717, 1.165) is 25.9 Å². The highest BCUT2D eigenvalue weighted by Gasteiger charge is 2.45. The van der Waals surface area contributed by atoms with E-state index in [4.69, 9.17) is 4.74 Å². The lowest BCUT2D eigenvalue weighted by molar-refractivity contribution is -0.138. The molecule has 0 aromatic rings. The van der Waals surface area contributed by atoms with Gasteiger partial charge in [-0.2, -0.15) is 0 Å². The Balaban J connectivity index is 1.83. The second kappa shape index (κ2) is 4.53. The summed E-state index contributed by atoms with van der Waals surface area (Å²) in [5, 5.41) is 2.90. The van der Waals surface area contributed by atoms with Crippen LogP contribution in [0.5, 0.6) is 0 Å². The van der Waals surface area contributed by atoms with Gasteiger partial charge < -0.3 is 15.0 Å². The Kier molecular flexibility index (Phi) is 3.01. The Bertz CT molecular complexity index is 361. The van der Waals surface area contributed by atoms with Crippen LogP contribution in [-0.4, -0.2) is 48.1 Å². The van der Waals surface area contributed by atoms with Gasteiger partial charge in [0.05, 0.1) is 12.6 Å². The van der Waals surface area contributed by atoms with Crippen molar-refractivity contribution in [3.05, 3.63) is 0 Å². The van der Waals surface area contributed by atoms with E-state index < -0.39 is 0 Å². The average molecular weight is 252 g/mol. The highest BCUT2D eigenvalue weighted by atomic mass is 16.5. The molecule has 0 bridgehead atoms. The lowest BCUT2D eigenvalue weighted by atomic mass is 10.1. The van der Waals surface area contributed by atoms with Crippen LogP contribution in [0.1, 0.15) is 32.6 Å². The van der Waals surface area contributed by atoms with Crippen molar-refractivity contribution < 1.29 is 14.3 Å². The first kappa shape index (κ1) is 12.0. The van der Waals surface area contributed by atoms with Crippen molar-refractivity contribution in [2.75, 3.05) is 13.2 Å². The molecule has 2 aliphatic heterocycles. The zero-order valence-electron chi connectivity index (χ0n) is 10.7. The van der Waals surface area contributed by atoms with Crippen LogP contribution >= 0.6 is 0 Å². The molecule has 3 rings (SSSR count). The maximum Gasteiger partial charge on any atom is 0.246 e. The number of hydrogen-bond donors (Lipinski definition) is 1. The molecule has 0 aromatic carbocycles. The van der Waals surface area contributed by atoms with E-state index in [0.29, 0.717) is 18.9 Å². The maximum atomic E-state index is 12.6. The Hall–Kier alpha value is -1.10. The average Bonchev–Trinajstić information content (AvgIpc) is 3.04. The van der Waals surface area contributed by atoms with Gasteiger partial charge in [0.25, 0.3) is 0 Å². The van der Waals surface area contributed by atoms with Crippen molar-refractivity contribution in [2.45, 2.75) is 50.7 Å². The molecule has 3 fully saturated rings. The van der Waals surface area contributed by atoms with E-state index in [1.807, 2.05) is 11.8 Å². The third-order valence-corrected chi connectivity index (χ3v) is 4.19. The predicted molar refractivity (Wildman–Crippen MR) is 64.8 cm³/mol. The molecule has 18 heavy (non-hydrogen) atoms. The summed E-state index contributed by atoms with van der Waals surface area (Å²) in [7, 11) is 0. The lowest BCUT2D eigenvalue weighted by Gasteiger charge is -2.33. The molecule has 1 saturated carbocycles. The topological polar surface area (TPSA) is 58.6 Å². The third kappa shape index (κ3) is 2.11. The molecule has 0 aromatic heterocycles. The Morgan fingerprint density at radius 3 is 2.67 bits per heavy atom. The zero-order valence-corrected chi connectivity index (χ0v) is 10.7. The van der Waals surface area contributed by atoms with Crippen LogP contribution in [0.3, 0.4) is 0 Å². The first-order valence-electron chi connectivity index (χ1n) is 6.86. The molecule has 3 atom stereocenters. The number of hydrogen-bond acceptors (Lipinski definition) is 3. The molecule has 1 aliphatic carbocycles. The minimum atomic E-state index is -0.289. The molecule has 0 radical (unpaired) electrons. The van der Waals surface area contributed by atoms with Crippen LogP contribution in [0.2, 0.25) is 0 Å². The summed E-state index contributed by atoms with van der Waals surface area (Å²) in [5.41, 5.74) is 0. The van der Waals surface area contributed by atoms with Crippen LogP contribution < -0.4 is 5.32 Å². The molecule has 5 heteroatoms. The van der Waals surface area contributed by atoms with Gasteiger partial charge >= 0.3 is 0 Å². The molecule has 5 nitrogen and oxygen atoms in total. The van der Waals surface area contributed by atoms with Gasteiger partial charge in [-0.05, 0) is 32.1 Å². The largest absolute Gasteiger partial charge is 0.379 e. The molecule has 0 spiro atoms. The molecule has 3 unspecified atom stereocenters. The van der Waals surface area contributed by atoms with E-state index in [1.165, 1.54) is 0 Å². The minimum absolute atomic E-state index is 0.00849. The number of ether oxygens (including phenoxy) is 1. The standard InChI is InChI=1S/C13H20N2O3/c1-8-6-11(16)14-12(9-2-3-9)13(17)15(8)10-4-5-18-7-10/h8-10,12H,2-7H2,1H3,(H,14,16). The monoisotopic (exact) mass is 252 g/mol. The first-order valence-corrected chi connectivity index (χ1v) is 6.86. The summed E-state index contributed by atoms with van der Waals surface area (Å²) >= 11 is 0. The maximum absolute atomic E-state index is 12.6. The molecular weight excluding hydrogens is 232 g/mol. The molecule has 3 aliphatic rings. The van der Waals surface area contributed by atoms with E-state index in [2.05, 4.69) is 5.32 Å². The van der Waals surface area contributed by atoms with E-state index in [9.17, 15) is 9.59 Å². The smallest absolute Gasteiger partial charge is 0.246 e. The molecule has 1 N–H and O–H groups in total. The fraction of sp³-hybridized carbons (Fsp3) is 0.846. The van der Waals surface area contributed by atoms with Gasteiger partial charge in [-0.25, -0.2) is 0 Å². The fourth-order valence-corrected chi connectivity index (χ4v) is 3.07. The summed E-state index contributed by atoms with van der Waals surface area (Å²) in [5.74, 6) is 0.470. The highest BCUT2D eigenvalue weighted by molar-refractivity contribution is 5.91. The number of nitrogens with one attached hydrogen (secondary N) is 1. The van der Waals surface area contributed by atoms with Crippen molar-refractivity contribution in [2.24, 2.45) is 5.92 Å². The molecule has 2 saturated heterocycles. The van der Waals surface area contributed by atoms with Gasteiger partial charge in [0.2, 0.25) is 11.8 Å². The number of carbonyl (C=O) groups excluding carboxylic acids is 2. The van der Waals surface area contributed by atoms with Gasteiger partial charge in [-0.3, -0.25) is 9.59 Å². The minimum Gasteiger partial charge on any atom is -0.379 e. The van der Waals surface area contributed by atoms with Crippen molar-refractivity contribution in [3.63, 3.8) is 0 Å². The van der Waals surface area contributed by atoms with Gasteiger partial charge in [0.15, 0.2) is 0 Å². The van der Waals surface area contributed by atoms with E-state index in [1.54, 1.807) is 0 Å². The van der Waals surface area contributed by atoms with E-state index >= 15 is 0 Å². The molecule has 2 amide bonds. The highest BCUT2D eigenvalue weighted by Crippen LogP contribution is 2.35. The van der Waals surface area contributed by atoms with Gasteiger partial charge in [-0.1, -0.05) is 0 Å². The SMILES string of the molecule is CC1CC(=O)NC(C2CC2)C(=O)N1C1CCOC1. The van der Waals surface area contributed by atoms with Crippen molar-refractivity contribution in [3.8, 4) is 0 Å². The summed E-state index contributed by atoms with van der Waals surface area (Å²) in [6.45, 7) is 3.30. The summed E-state index contributed by atoms with van der Waals surface area (Å²) in [6, 6.07) is -0.155. The second-order valence-electron chi connectivity index (χ2n) is 5.70. The lowest BCUT2D eigenvalue weighted by Crippen LogP contribution is -2.52.